The molecule has 3 atom stereocenters. The second-order valence-corrected chi connectivity index (χ2v) is 22.5. The maximum Gasteiger partial charge on any atom is 0.249 e. The normalized spacial score (nSPS) is 20.4. The minimum Gasteiger partial charge on any atom is -0.467 e. The van der Waals surface area contributed by atoms with E-state index in [2.05, 4.69) is 58.2 Å². The van der Waals surface area contributed by atoms with Crippen LogP contribution in [0.1, 0.15) is 82.0 Å². The first-order valence-corrected chi connectivity index (χ1v) is 24.0. The van der Waals surface area contributed by atoms with E-state index < -0.39 is 30.8 Å². The number of carbonyl (C=O) groups excluding carboxylic acids is 2. The van der Waals surface area contributed by atoms with Crippen molar-refractivity contribution in [3.05, 3.63) is 119 Å². The fourth-order valence-corrected chi connectivity index (χ4v) is 13.1. The Morgan fingerprint density at radius 1 is 0.702 bits per heavy atom. The first-order chi connectivity index (χ1) is 26.9. The smallest absolute Gasteiger partial charge is 0.249 e. The quantitative estimate of drug-likeness (QED) is 0.186. The van der Waals surface area contributed by atoms with E-state index in [9.17, 15) is 26.4 Å². The molecule has 3 heterocycles. The summed E-state index contributed by atoms with van der Waals surface area (Å²) in [6.45, 7) is 13.4. The molecule has 57 heavy (non-hydrogen) atoms. The summed E-state index contributed by atoms with van der Waals surface area (Å²) in [6, 6.07) is 25.5. The van der Waals surface area contributed by atoms with Gasteiger partial charge in [0.1, 0.15) is 16.5 Å². The Balaban J connectivity index is 0.000000194. The van der Waals surface area contributed by atoms with Crippen LogP contribution < -0.4 is 10.6 Å². The summed E-state index contributed by atoms with van der Waals surface area (Å²) in [5.74, 6) is 1.26. The summed E-state index contributed by atoms with van der Waals surface area (Å²) >= 11 is 2.72. The van der Waals surface area contributed by atoms with Crippen LogP contribution in [-0.4, -0.2) is 72.6 Å². The van der Waals surface area contributed by atoms with E-state index in [1.54, 1.807) is 36.4 Å². The van der Waals surface area contributed by atoms with Crippen LogP contribution in [0.4, 0.5) is 0 Å². The van der Waals surface area contributed by atoms with Crippen LogP contribution in [0.15, 0.2) is 105 Å². The molecule has 2 amide bonds. The first-order valence-electron chi connectivity index (χ1n) is 19.0. The third-order valence-electron chi connectivity index (χ3n) is 10.3. The topological polar surface area (TPSA) is 146 Å². The van der Waals surface area contributed by atoms with Gasteiger partial charge < -0.3 is 15.1 Å². The average molecular weight is 853 g/mol. The molecule has 2 saturated heterocycles. The van der Waals surface area contributed by atoms with Crippen LogP contribution in [0.2, 0.25) is 0 Å². The molecule has 0 spiro atoms. The van der Waals surface area contributed by atoms with Gasteiger partial charge in [-0.2, -0.15) is 8.61 Å². The Labute approximate surface area is 345 Å². The van der Waals surface area contributed by atoms with Gasteiger partial charge in [-0.05, 0) is 82.3 Å². The summed E-state index contributed by atoms with van der Waals surface area (Å²) in [5.41, 5.74) is 4.43. The zero-order valence-corrected chi connectivity index (χ0v) is 36.5. The first kappa shape index (κ1) is 43.0. The summed E-state index contributed by atoms with van der Waals surface area (Å²) < 4.78 is 60.5. The second kappa shape index (κ2) is 17.3. The minimum atomic E-state index is -3.74. The van der Waals surface area contributed by atoms with E-state index in [1.807, 2.05) is 42.5 Å². The van der Waals surface area contributed by atoms with E-state index in [0.29, 0.717) is 30.4 Å². The SMILES string of the molecule is CC(C)(C)c1ccc(S(=O)(=O)N2CCSC2C(=O)NC2CCc3ccccc32)cc1.CC(C)(C)c1ccc(S(=O)(=O)N2CCSC2C(=O)NCc2ccco2)cc1. The maximum absolute atomic E-state index is 13.3. The largest absolute Gasteiger partial charge is 0.467 e. The standard InChI is InChI=1S/C23H28N2O3S2.C19H24N2O4S2/c1-23(2,3)17-9-11-18(12-10-17)30(27,28)25-14-15-29-22(25)21(26)24-20-13-8-16-6-4-5-7-19(16)20;1-19(2,3)14-6-8-16(9-7-14)27(23,24)21-10-12-26-18(21)17(22)20-13-15-5-4-11-25-15/h4-7,9-12,20,22H,8,13-15H2,1-3H3,(H,24,26);4-9,11,18H,10,12-13H2,1-3H3,(H,20,22). The number of aryl methyl sites for hydroxylation is 1. The number of carbonyl (C=O) groups is 2. The number of nitrogens with zero attached hydrogens (tertiary/aromatic N) is 2. The van der Waals surface area contributed by atoms with Crippen molar-refractivity contribution in [2.75, 3.05) is 24.6 Å². The number of fused-ring (bicyclic) bond motifs is 1. The zero-order valence-electron chi connectivity index (χ0n) is 33.2. The lowest BCUT2D eigenvalue weighted by molar-refractivity contribution is -0.123. The molecular weight excluding hydrogens is 801 g/mol. The third kappa shape index (κ3) is 9.82. The lowest BCUT2D eigenvalue weighted by Crippen LogP contribution is -2.45. The molecule has 7 rings (SSSR count). The zero-order chi connectivity index (χ0) is 41.2. The lowest BCUT2D eigenvalue weighted by atomic mass is 9.87. The van der Waals surface area contributed by atoms with E-state index >= 15 is 0 Å². The van der Waals surface area contributed by atoms with Gasteiger partial charge in [0, 0.05) is 24.6 Å². The molecule has 3 unspecified atom stereocenters. The van der Waals surface area contributed by atoms with E-state index in [-0.39, 0.29) is 45.0 Å². The molecule has 1 aromatic heterocycles. The van der Waals surface area contributed by atoms with Gasteiger partial charge in [0.15, 0.2) is 0 Å². The third-order valence-corrected chi connectivity index (χ3v) is 16.7. The van der Waals surface area contributed by atoms with Crippen molar-refractivity contribution in [1.82, 2.24) is 19.2 Å². The number of nitrogens with one attached hydrogen (secondary N) is 2. The Kier molecular flexibility index (Phi) is 13.1. The van der Waals surface area contributed by atoms with Crippen LogP contribution in [0, 0.1) is 0 Å². The van der Waals surface area contributed by atoms with Crippen molar-refractivity contribution in [1.29, 1.82) is 0 Å². The Bertz CT molecular complexity index is 2250. The Hall–Kier alpha value is -3.60. The second-order valence-electron chi connectivity index (χ2n) is 16.3. The van der Waals surface area contributed by atoms with E-state index in [0.717, 1.165) is 29.5 Å². The van der Waals surface area contributed by atoms with E-state index in [1.165, 1.54) is 44.0 Å². The van der Waals surface area contributed by atoms with Crippen molar-refractivity contribution >= 4 is 55.4 Å². The summed E-state index contributed by atoms with van der Waals surface area (Å²) in [4.78, 5) is 26.0. The summed E-state index contributed by atoms with van der Waals surface area (Å²) in [7, 11) is -7.48. The number of benzene rings is 3. The number of rotatable bonds is 9. The van der Waals surface area contributed by atoms with Gasteiger partial charge in [-0.15, -0.1) is 23.5 Å². The van der Waals surface area contributed by atoms with Gasteiger partial charge in [-0.1, -0.05) is 90.1 Å². The predicted molar refractivity (Wildman–Crippen MR) is 227 cm³/mol. The molecule has 2 aliphatic heterocycles. The average Bonchev–Trinajstić information content (AvgIpc) is 4.02. The fourth-order valence-electron chi connectivity index (χ4n) is 6.96. The van der Waals surface area contributed by atoms with Gasteiger partial charge >= 0.3 is 0 Å². The highest BCUT2D eigenvalue weighted by molar-refractivity contribution is 8.02. The molecule has 1 aliphatic carbocycles. The molecule has 15 heteroatoms. The highest BCUT2D eigenvalue weighted by Gasteiger charge is 2.42. The summed E-state index contributed by atoms with van der Waals surface area (Å²) in [6.07, 6.45) is 3.31. The molecule has 3 aliphatic rings. The molecule has 0 bridgehead atoms. The van der Waals surface area contributed by atoms with Crippen molar-refractivity contribution in [3.63, 3.8) is 0 Å². The summed E-state index contributed by atoms with van der Waals surface area (Å²) in [5, 5.41) is 4.34. The molecule has 0 radical (unpaired) electrons. The highest BCUT2D eigenvalue weighted by atomic mass is 32.2. The number of amides is 2. The van der Waals surface area contributed by atoms with E-state index in [4.69, 9.17) is 4.42 Å². The van der Waals surface area contributed by atoms with Crippen LogP contribution in [0.5, 0.6) is 0 Å². The Morgan fingerprint density at radius 2 is 1.21 bits per heavy atom. The molecular formula is C42H52N4O7S4. The van der Waals surface area contributed by atoms with Gasteiger partial charge in [-0.25, -0.2) is 16.8 Å². The molecule has 306 valence electrons. The predicted octanol–water partition coefficient (Wildman–Crippen LogP) is 6.81. The van der Waals surface area contributed by atoms with Crippen molar-refractivity contribution in [2.45, 2.75) is 98.3 Å². The Morgan fingerprint density at radius 3 is 1.70 bits per heavy atom. The molecule has 2 N–H and O–H groups in total. The number of hydrogen-bond donors (Lipinski definition) is 2. The van der Waals surface area contributed by atoms with Gasteiger partial charge in [0.2, 0.25) is 31.9 Å². The van der Waals surface area contributed by atoms with Crippen LogP contribution >= 0.6 is 23.5 Å². The van der Waals surface area contributed by atoms with Crippen molar-refractivity contribution < 1.29 is 30.8 Å². The molecule has 3 aromatic carbocycles. The van der Waals surface area contributed by atoms with Crippen LogP contribution in [-0.2, 0) is 53.4 Å². The maximum atomic E-state index is 13.3. The monoisotopic (exact) mass is 852 g/mol. The fraction of sp³-hybridized carbons (Fsp3) is 0.429. The molecule has 4 aromatic rings. The highest BCUT2D eigenvalue weighted by Crippen LogP contribution is 2.35. The molecule has 2 fully saturated rings. The molecule has 11 nitrogen and oxygen atoms in total. The number of hydrogen-bond acceptors (Lipinski definition) is 9. The van der Waals surface area contributed by atoms with Gasteiger partial charge in [-0.3, -0.25) is 9.59 Å². The van der Waals surface area contributed by atoms with Crippen LogP contribution in [0.25, 0.3) is 0 Å². The minimum absolute atomic E-state index is 0.0498. The molecule has 0 saturated carbocycles. The van der Waals surface area contributed by atoms with Crippen molar-refractivity contribution in [2.24, 2.45) is 0 Å². The van der Waals surface area contributed by atoms with Gasteiger partial charge in [0.25, 0.3) is 0 Å². The number of thioether (sulfide) groups is 2. The number of furan rings is 1. The lowest BCUT2D eigenvalue weighted by Gasteiger charge is -2.25. The number of sulfonamides is 2. The van der Waals surface area contributed by atoms with Gasteiger partial charge in [0.05, 0.1) is 28.6 Å². The van der Waals surface area contributed by atoms with Crippen LogP contribution in [0.3, 0.4) is 0 Å². The van der Waals surface area contributed by atoms with Crippen molar-refractivity contribution in [3.8, 4) is 0 Å².